The van der Waals surface area contributed by atoms with Gasteiger partial charge in [-0.25, -0.2) is 12.8 Å². The molecule has 0 spiro atoms. The molecule has 0 fully saturated rings. The lowest BCUT2D eigenvalue weighted by molar-refractivity contribution is -0.376. The highest BCUT2D eigenvalue weighted by molar-refractivity contribution is 7.92. The maximum absolute atomic E-state index is 13.8. The number of aromatic nitrogens is 1. The van der Waals surface area contributed by atoms with E-state index in [0.717, 1.165) is 34.6 Å². The standard InChI is InChI=1S/C27H23F7N2O5S/c28-20-3-6-23(7-4-20)42(40,41)36-21(13-22(38)12-18-14-35-10-9-17(18)15-37)5-1-16-11-19(2-8-24(16)36)25(39,26(29,30)31)27(32,33)34/h2-4,6-11,14,21,37,39H,1,5,12-13,15H2/t21-/m0/s1. The third-order valence-electron chi connectivity index (χ3n) is 7.03. The smallest absolute Gasteiger partial charge is 0.392 e. The number of rotatable bonds is 8. The van der Waals surface area contributed by atoms with Crippen LogP contribution in [0.1, 0.15) is 35.1 Å². The third kappa shape index (κ3) is 5.72. The number of ketones is 1. The van der Waals surface area contributed by atoms with Crippen LogP contribution in [0.5, 0.6) is 0 Å². The number of nitrogens with zero attached hydrogens (tertiary/aromatic N) is 2. The van der Waals surface area contributed by atoms with E-state index in [1.165, 1.54) is 18.5 Å². The van der Waals surface area contributed by atoms with Crippen LogP contribution in [0.3, 0.4) is 0 Å². The summed E-state index contributed by atoms with van der Waals surface area (Å²) in [5.74, 6) is -1.25. The Hall–Kier alpha value is -3.56. The number of hydrogen-bond acceptors (Lipinski definition) is 6. The molecular weight excluding hydrogens is 597 g/mol. The molecule has 3 aromatic rings. The number of aliphatic hydroxyl groups is 2. The van der Waals surface area contributed by atoms with E-state index in [-0.39, 0.29) is 30.5 Å². The Bertz CT molecular complexity index is 1560. The van der Waals surface area contributed by atoms with Gasteiger partial charge in [-0.3, -0.25) is 14.1 Å². The number of alkyl halides is 6. The van der Waals surface area contributed by atoms with Gasteiger partial charge in [0.15, 0.2) is 0 Å². The van der Waals surface area contributed by atoms with Crippen molar-refractivity contribution in [2.45, 2.75) is 61.2 Å². The number of pyridine rings is 1. The molecule has 1 aromatic heterocycles. The molecule has 0 amide bonds. The summed E-state index contributed by atoms with van der Waals surface area (Å²) in [6.07, 6.45) is -10.6. The quantitative estimate of drug-likeness (QED) is 0.353. The minimum Gasteiger partial charge on any atom is -0.392 e. The van der Waals surface area contributed by atoms with Gasteiger partial charge in [0, 0.05) is 30.8 Å². The van der Waals surface area contributed by atoms with Gasteiger partial charge in [0.2, 0.25) is 0 Å². The first-order valence-electron chi connectivity index (χ1n) is 12.3. The summed E-state index contributed by atoms with van der Waals surface area (Å²) in [6, 6.07) is 5.44. The zero-order valence-corrected chi connectivity index (χ0v) is 22.3. The highest BCUT2D eigenvalue weighted by atomic mass is 32.2. The van der Waals surface area contributed by atoms with Crippen molar-refractivity contribution in [2.75, 3.05) is 4.31 Å². The molecule has 15 heteroatoms. The van der Waals surface area contributed by atoms with Crippen LogP contribution in [-0.4, -0.2) is 47.8 Å². The second-order valence-electron chi connectivity index (χ2n) is 9.72. The van der Waals surface area contributed by atoms with Gasteiger partial charge >= 0.3 is 12.4 Å². The molecule has 1 atom stereocenters. The Morgan fingerprint density at radius 3 is 2.21 bits per heavy atom. The Labute approximate surface area is 235 Å². The molecule has 0 saturated heterocycles. The van der Waals surface area contributed by atoms with Crippen LogP contribution in [0.15, 0.2) is 65.8 Å². The van der Waals surface area contributed by atoms with Crippen LogP contribution in [-0.2, 0) is 39.9 Å². The van der Waals surface area contributed by atoms with E-state index < -0.39 is 69.1 Å². The number of anilines is 1. The van der Waals surface area contributed by atoms with Crippen LogP contribution in [0.25, 0.3) is 0 Å². The number of benzene rings is 2. The number of aryl methyl sites for hydroxylation is 1. The molecule has 2 heterocycles. The number of fused-ring (bicyclic) bond motifs is 1. The molecule has 7 nitrogen and oxygen atoms in total. The molecule has 2 N–H and O–H groups in total. The third-order valence-corrected chi connectivity index (χ3v) is 8.91. The van der Waals surface area contributed by atoms with Crippen LogP contribution in [0.2, 0.25) is 0 Å². The maximum Gasteiger partial charge on any atom is 0.430 e. The minimum atomic E-state index is -6.15. The molecule has 0 aliphatic carbocycles. The minimum absolute atomic E-state index is 0.182. The van der Waals surface area contributed by atoms with E-state index in [1.54, 1.807) is 0 Å². The zero-order chi connectivity index (χ0) is 31.1. The number of aliphatic hydroxyl groups excluding tert-OH is 1. The molecule has 42 heavy (non-hydrogen) atoms. The second kappa shape index (κ2) is 11.3. The van der Waals surface area contributed by atoms with E-state index in [1.807, 2.05) is 0 Å². The topological polar surface area (TPSA) is 108 Å². The fraction of sp³-hybridized carbons (Fsp3) is 0.333. The first-order valence-corrected chi connectivity index (χ1v) is 13.8. The first kappa shape index (κ1) is 31.4. The highest BCUT2D eigenvalue weighted by Crippen LogP contribution is 2.51. The monoisotopic (exact) mass is 620 g/mol. The fourth-order valence-electron chi connectivity index (χ4n) is 4.90. The Morgan fingerprint density at radius 1 is 0.976 bits per heavy atom. The summed E-state index contributed by atoms with van der Waals surface area (Å²) in [5, 5.41) is 19.4. The van der Waals surface area contributed by atoms with Crippen LogP contribution < -0.4 is 4.31 Å². The SMILES string of the molecule is O=C(Cc1cnccc1CO)C[C@@H]1CCc2cc(C(O)(C(F)(F)F)C(F)(F)F)ccc2N1S(=O)(=O)c1ccc(F)cc1. The van der Waals surface area contributed by atoms with Crippen molar-refractivity contribution in [3.8, 4) is 0 Å². The van der Waals surface area contributed by atoms with E-state index in [9.17, 15) is 54.2 Å². The van der Waals surface area contributed by atoms with Crippen molar-refractivity contribution in [3.05, 3.63) is 89.0 Å². The van der Waals surface area contributed by atoms with Gasteiger partial charge in [-0.15, -0.1) is 0 Å². The molecule has 0 radical (unpaired) electrons. The van der Waals surface area contributed by atoms with E-state index in [2.05, 4.69) is 4.98 Å². The summed E-state index contributed by atoms with van der Waals surface area (Å²) in [6.45, 7) is -0.391. The Morgan fingerprint density at radius 2 is 1.62 bits per heavy atom. The van der Waals surface area contributed by atoms with Gasteiger partial charge in [-0.05, 0) is 65.9 Å². The molecule has 1 aliphatic rings. The van der Waals surface area contributed by atoms with Gasteiger partial charge in [0.1, 0.15) is 11.6 Å². The van der Waals surface area contributed by atoms with Gasteiger partial charge in [0.25, 0.3) is 15.6 Å². The lowest BCUT2D eigenvalue weighted by atomic mass is 9.87. The molecule has 1 aliphatic heterocycles. The van der Waals surface area contributed by atoms with Gasteiger partial charge in [-0.1, -0.05) is 12.1 Å². The van der Waals surface area contributed by atoms with Crippen LogP contribution in [0, 0.1) is 5.82 Å². The Kier molecular flexibility index (Phi) is 8.41. The molecule has 0 unspecified atom stereocenters. The lowest BCUT2D eigenvalue weighted by Gasteiger charge is -2.39. The highest BCUT2D eigenvalue weighted by Gasteiger charge is 2.71. The van der Waals surface area contributed by atoms with Crippen molar-refractivity contribution >= 4 is 21.5 Å². The van der Waals surface area contributed by atoms with Crippen LogP contribution >= 0.6 is 0 Å². The average Bonchev–Trinajstić information content (AvgIpc) is 2.91. The number of sulfonamides is 1. The fourth-order valence-corrected chi connectivity index (χ4v) is 6.61. The van der Waals surface area contributed by atoms with E-state index in [4.69, 9.17) is 0 Å². The van der Waals surface area contributed by atoms with Gasteiger partial charge < -0.3 is 10.2 Å². The number of hydrogen-bond donors (Lipinski definition) is 2. The lowest BCUT2D eigenvalue weighted by Crippen LogP contribution is -2.54. The summed E-state index contributed by atoms with van der Waals surface area (Å²) in [7, 11) is -4.62. The van der Waals surface area contributed by atoms with Crippen molar-refractivity contribution in [2.24, 2.45) is 0 Å². The first-order chi connectivity index (χ1) is 19.5. The molecule has 2 aromatic carbocycles. The maximum atomic E-state index is 13.8. The van der Waals surface area contributed by atoms with Crippen molar-refractivity contribution in [3.63, 3.8) is 0 Å². The van der Waals surface area contributed by atoms with Crippen molar-refractivity contribution in [1.82, 2.24) is 4.98 Å². The zero-order valence-electron chi connectivity index (χ0n) is 21.5. The second-order valence-corrected chi connectivity index (χ2v) is 11.5. The van der Waals surface area contributed by atoms with Crippen LogP contribution in [0.4, 0.5) is 36.4 Å². The molecule has 226 valence electrons. The van der Waals surface area contributed by atoms with Gasteiger partial charge in [-0.2, -0.15) is 26.3 Å². The molecular formula is C27H23F7N2O5S. The number of halogens is 7. The molecule has 0 saturated carbocycles. The number of carbonyl (C=O) groups is 1. The summed E-state index contributed by atoms with van der Waals surface area (Å²) < 4.78 is 123. The average molecular weight is 621 g/mol. The van der Waals surface area contributed by atoms with E-state index in [0.29, 0.717) is 23.3 Å². The Balaban J connectivity index is 1.79. The van der Waals surface area contributed by atoms with E-state index >= 15 is 0 Å². The predicted octanol–water partition coefficient (Wildman–Crippen LogP) is 4.74. The number of Topliss-reactive ketones (excluding diaryl/α,β-unsaturated/α-hetero) is 1. The largest absolute Gasteiger partial charge is 0.430 e. The summed E-state index contributed by atoms with van der Waals surface area (Å²) >= 11 is 0. The normalized spacial score (nSPS) is 16.3. The summed E-state index contributed by atoms with van der Waals surface area (Å²) in [5.41, 5.74) is -6.52. The van der Waals surface area contributed by atoms with Crippen molar-refractivity contribution < 1.29 is 54.2 Å². The van der Waals surface area contributed by atoms with Crippen molar-refractivity contribution in [1.29, 1.82) is 0 Å². The predicted molar refractivity (Wildman–Crippen MR) is 134 cm³/mol. The molecule has 4 rings (SSSR count). The number of carbonyl (C=O) groups excluding carboxylic acids is 1. The summed E-state index contributed by atoms with van der Waals surface area (Å²) in [4.78, 5) is 16.5. The van der Waals surface area contributed by atoms with Gasteiger partial charge in [0.05, 0.1) is 23.2 Å². The molecule has 0 bridgehead atoms.